The predicted octanol–water partition coefficient (Wildman–Crippen LogP) is 5.56. The first kappa shape index (κ1) is 27.9. The Hall–Kier alpha value is -1.14. The van der Waals surface area contributed by atoms with E-state index < -0.39 is 11.6 Å². The molecule has 0 amide bonds. The van der Waals surface area contributed by atoms with Crippen LogP contribution in [0.5, 0.6) is 0 Å². The summed E-state index contributed by atoms with van der Waals surface area (Å²) in [6.07, 6.45) is 14.9. The normalized spacial score (nSPS) is 45.6. The minimum Gasteiger partial charge on any atom is -0.481 e. The molecular formula is C30H51NO5. The van der Waals surface area contributed by atoms with Crippen LogP contribution in [-0.4, -0.2) is 46.4 Å². The SMILES string of the molecule is CC(=O)O.CC(=O)OC1CCC2(C)C(CCC3C2CCC2(C)C3CCC2C(C)(O)C2CCCCN2)C1. The van der Waals surface area contributed by atoms with Gasteiger partial charge in [0.05, 0.1) is 5.60 Å². The maximum atomic E-state index is 11.9. The highest BCUT2D eigenvalue weighted by Gasteiger charge is 2.63. The van der Waals surface area contributed by atoms with Crippen LogP contribution in [0, 0.1) is 40.4 Å². The Bertz CT molecular complexity index is 803. The van der Waals surface area contributed by atoms with Crippen molar-refractivity contribution in [3.63, 3.8) is 0 Å². The Balaban J connectivity index is 0.000000709. The smallest absolute Gasteiger partial charge is 0.302 e. The molecule has 5 rings (SSSR count). The lowest BCUT2D eigenvalue weighted by Gasteiger charge is -2.62. The molecule has 0 spiro atoms. The number of esters is 1. The lowest BCUT2D eigenvalue weighted by Crippen LogP contribution is -2.60. The Morgan fingerprint density at radius 2 is 1.58 bits per heavy atom. The van der Waals surface area contributed by atoms with Crippen molar-refractivity contribution in [2.75, 3.05) is 6.54 Å². The molecule has 4 saturated carbocycles. The Morgan fingerprint density at radius 3 is 2.22 bits per heavy atom. The minimum absolute atomic E-state index is 0.114. The number of fused-ring (bicyclic) bond motifs is 5. The van der Waals surface area contributed by atoms with Crippen LogP contribution in [0.1, 0.15) is 112 Å². The van der Waals surface area contributed by atoms with Gasteiger partial charge in [0.2, 0.25) is 0 Å². The first-order valence-electron chi connectivity index (χ1n) is 14.7. The third-order valence-electron chi connectivity index (χ3n) is 11.7. The molecule has 4 aliphatic carbocycles. The number of aliphatic hydroxyl groups is 1. The number of aliphatic carboxylic acids is 1. The molecule has 1 heterocycles. The molecule has 6 nitrogen and oxygen atoms in total. The summed E-state index contributed by atoms with van der Waals surface area (Å²) < 4.78 is 5.64. The number of carboxylic acids is 1. The van der Waals surface area contributed by atoms with Gasteiger partial charge in [-0.3, -0.25) is 9.59 Å². The summed E-state index contributed by atoms with van der Waals surface area (Å²) >= 11 is 0. The van der Waals surface area contributed by atoms with Gasteiger partial charge >= 0.3 is 5.97 Å². The van der Waals surface area contributed by atoms with Crippen molar-refractivity contribution in [1.82, 2.24) is 5.32 Å². The van der Waals surface area contributed by atoms with E-state index in [0.717, 1.165) is 50.5 Å². The fraction of sp³-hybridized carbons (Fsp3) is 0.933. The molecule has 5 aliphatic rings. The van der Waals surface area contributed by atoms with Crippen LogP contribution in [0.2, 0.25) is 0 Å². The Morgan fingerprint density at radius 1 is 0.917 bits per heavy atom. The van der Waals surface area contributed by atoms with Crippen molar-refractivity contribution in [2.24, 2.45) is 40.4 Å². The molecular weight excluding hydrogens is 454 g/mol. The quantitative estimate of drug-likeness (QED) is 0.435. The zero-order chi connectivity index (χ0) is 26.3. The van der Waals surface area contributed by atoms with Gasteiger partial charge in [0.25, 0.3) is 5.97 Å². The van der Waals surface area contributed by atoms with E-state index in [-0.39, 0.29) is 23.5 Å². The van der Waals surface area contributed by atoms with Gasteiger partial charge in [-0.05, 0) is 125 Å². The van der Waals surface area contributed by atoms with E-state index in [9.17, 15) is 9.90 Å². The molecule has 1 saturated heterocycles. The van der Waals surface area contributed by atoms with Crippen molar-refractivity contribution in [3.05, 3.63) is 0 Å². The second-order valence-electron chi connectivity index (χ2n) is 13.6. The summed E-state index contributed by atoms with van der Waals surface area (Å²) in [6, 6.07) is 0.263. The van der Waals surface area contributed by atoms with E-state index in [1.807, 2.05) is 0 Å². The molecule has 3 N–H and O–H groups in total. The molecule has 10 unspecified atom stereocenters. The summed E-state index contributed by atoms with van der Waals surface area (Å²) in [7, 11) is 0. The molecule has 0 radical (unpaired) electrons. The van der Waals surface area contributed by atoms with E-state index in [1.165, 1.54) is 57.8 Å². The lowest BCUT2D eigenvalue weighted by atomic mass is 9.44. The van der Waals surface area contributed by atoms with E-state index in [4.69, 9.17) is 14.6 Å². The van der Waals surface area contributed by atoms with Crippen LogP contribution in [0.25, 0.3) is 0 Å². The van der Waals surface area contributed by atoms with Gasteiger partial charge in [0, 0.05) is 19.9 Å². The summed E-state index contributed by atoms with van der Waals surface area (Å²) in [5, 5.41) is 23.0. The van der Waals surface area contributed by atoms with Gasteiger partial charge in [-0.2, -0.15) is 0 Å². The number of carboxylic acid groups (broad SMARTS) is 1. The highest BCUT2D eigenvalue weighted by molar-refractivity contribution is 5.66. The fourth-order valence-corrected chi connectivity index (χ4v) is 10.1. The summed E-state index contributed by atoms with van der Waals surface area (Å²) in [5.74, 6) is 2.58. The van der Waals surface area contributed by atoms with Crippen LogP contribution >= 0.6 is 0 Å². The van der Waals surface area contributed by atoms with Crippen molar-refractivity contribution >= 4 is 11.9 Å². The zero-order valence-electron chi connectivity index (χ0n) is 23.4. The third-order valence-corrected chi connectivity index (χ3v) is 11.7. The van der Waals surface area contributed by atoms with Gasteiger partial charge in [0.15, 0.2) is 0 Å². The molecule has 0 bridgehead atoms. The van der Waals surface area contributed by atoms with Crippen molar-refractivity contribution < 1.29 is 24.5 Å². The van der Waals surface area contributed by atoms with Crippen LogP contribution in [-0.2, 0) is 14.3 Å². The highest BCUT2D eigenvalue weighted by atomic mass is 16.5. The van der Waals surface area contributed by atoms with E-state index in [1.54, 1.807) is 6.92 Å². The van der Waals surface area contributed by atoms with Crippen molar-refractivity contribution in [1.29, 1.82) is 0 Å². The van der Waals surface area contributed by atoms with Crippen LogP contribution in [0.15, 0.2) is 0 Å². The van der Waals surface area contributed by atoms with Gasteiger partial charge in [-0.1, -0.05) is 20.3 Å². The second-order valence-corrected chi connectivity index (χ2v) is 13.6. The number of nitrogens with one attached hydrogen (secondary N) is 1. The van der Waals surface area contributed by atoms with Crippen LogP contribution < -0.4 is 5.32 Å². The molecule has 206 valence electrons. The molecule has 5 fully saturated rings. The summed E-state index contributed by atoms with van der Waals surface area (Å²) in [4.78, 5) is 20.5. The number of carbonyl (C=O) groups is 2. The maximum Gasteiger partial charge on any atom is 0.302 e. The third kappa shape index (κ3) is 5.10. The Kier molecular flexibility index (Phi) is 8.17. The van der Waals surface area contributed by atoms with Crippen LogP contribution in [0.4, 0.5) is 0 Å². The summed E-state index contributed by atoms with van der Waals surface area (Å²) in [5.41, 5.74) is 0.0916. The van der Waals surface area contributed by atoms with E-state index >= 15 is 0 Å². The van der Waals surface area contributed by atoms with E-state index in [0.29, 0.717) is 17.3 Å². The summed E-state index contributed by atoms with van der Waals surface area (Å²) in [6.45, 7) is 11.0. The number of ether oxygens (including phenoxy) is 1. The predicted molar refractivity (Wildman–Crippen MR) is 140 cm³/mol. The molecule has 0 aromatic rings. The number of rotatable bonds is 3. The monoisotopic (exact) mass is 505 g/mol. The van der Waals surface area contributed by atoms with E-state index in [2.05, 4.69) is 26.1 Å². The van der Waals surface area contributed by atoms with Crippen LogP contribution in [0.3, 0.4) is 0 Å². The Labute approximate surface area is 218 Å². The van der Waals surface area contributed by atoms with Gasteiger partial charge < -0.3 is 20.3 Å². The average Bonchev–Trinajstić information content (AvgIpc) is 3.17. The van der Waals surface area contributed by atoms with Gasteiger partial charge in [-0.15, -0.1) is 0 Å². The average molecular weight is 506 g/mol. The fourth-order valence-electron chi connectivity index (χ4n) is 10.1. The topological polar surface area (TPSA) is 95.9 Å². The molecule has 0 aromatic carbocycles. The number of hydrogen-bond acceptors (Lipinski definition) is 5. The maximum absolute atomic E-state index is 11.9. The highest BCUT2D eigenvalue weighted by Crippen LogP contribution is 2.68. The van der Waals surface area contributed by atoms with Gasteiger partial charge in [-0.25, -0.2) is 0 Å². The standard InChI is InChI=1S/C28H47NO3.C2H4O2/c1-18(30)32-20-12-14-26(2)19(17-20)8-9-21-22-10-11-24(27(22,3)15-13-23(21)26)28(4,31)25-7-5-6-16-29-25;1-2(3)4/h19-25,29,31H,5-17H2,1-4H3;1H3,(H,3,4). The van der Waals surface area contributed by atoms with Crippen molar-refractivity contribution in [3.8, 4) is 0 Å². The molecule has 0 aromatic heterocycles. The first-order chi connectivity index (χ1) is 16.9. The first-order valence-corrected chi connectivity index (χ1v) is 14.7. The zero-order valence-corrected chi connectivity index (χ0v) is 23.4. The largest absolute Gasteiger partial charge is 0.481 e. The lowest BCUT2D eigenvalue weighted by molar-refractivity contribution is -0.165. The molecule has 36 heavy (non-hydrogen) atoms. The number of hydrogen-bond donors (Lipinski definition) is 3. The minimum atomic E-state index is -0.833. The number of carbonyl (C=O) groups excluding carboxylic acids is 1. The van der Waals surface area contributed by atoms with Gasteiger partial charge in [0.1, 0.15) is 6.10 Å². The van der Waals surface area contributed by atoms with Crippen molar-refractivity contribution in [2.45, 2.75) is 129 Å². The molecule has 10 atom stereocenters. The molecule has 1 aliphatic heterocycles. The molecule has 6 heteroatoms. The number of piperidine rings is 1. The second kappa shape index (κ2) is 10.6.